The number of pyridine rings is 1. The molecule has 0 unspecified atom stereocenters. The van der Waals surface area contributed by atoms with Gasteiger partial charge < -0.3 is 15.4 Å². The summed E-state index contributed by atoms with van der Waals surface area (Å²) in [5.41, 5.74) is 9.37. The van der Waals surface area contributed by atoms with Crippen molar-refractivity contribution in [2.24, 2.45) is 5.73 Å². The summed E-state index contributed by atoms with van der Waals surface area (Å²) in [5.74, 6) is -0.398. The van der Waals surface area contributed by atoms with Gasteiger partial charge in [-0.2, -0.15) is 0 Å². The molecule has 2 amide bonds. The summed E-state index contributed by atoms with van der Waals surface area (Å²) in [7, 11) is 0. The predicted molar refractivity (Wildman–Crippen MR) is 106 cm³/mol. The van der Waals surface area contributed by atoms with Gasteiger partial charge in [-0.05, 0) is 43.5 Å². The molecule has 7 heteroatoms. The highest BCUT2D eigenvalue weighted by molar-refractivity contribution is 5.92. The lowest BCUT2D eigenvalue weighted by atomic mass is 10.0. The summed E-state index contributed by atoms with van der Waals surface area (Å²) in [4.78, 5) is 31.8. The smallest absolute Gasteiger partial charge is 0.409 e. The van der Waals surface area contributed by atoms with Gasteiger partial charge in [-0.1, -0.05) is 18.2 Å². The minimum Gasteiger partial charge on any atom is -0.409 e. The molecule has 1 aliphatic heterocycles. The van der Waals surface area contributed by atoms with Crippen molar-refractivity contribution in [2.75, 3.05) is 19.6 Å². The molecule has 1 aromatic carbocycles. The molecule has 28 heavy (non-hydrogen) atoms. The van der Waals surface area contributed by atoms with Crippen molar-refractivity contribution in [1.29, 1.82) is 0 Å². The van der Waals surface area contributed by atoms with Gasteiger partial charge in [0.25, 0.3) is 0 Å². The highest BCUT2D eigenvalue weighted by Crippen LogP contribution is 2.19. The first-order chi connectivity index (χ1) is 13.3. The Morgan fingerprint density at radius 3 is 2.75 bits per heavy atom. The van der Waals surface area contributed by atoms with Crippen LogP contribution >= 0.6 is 0 Å². The van der Waals surface area contributed by atoms with Crippen molar-refractivity contribution >= 4 is 12.0 Å². The van der Waals surface area contributed by atoms with Crippen LogP contribution < -0.4 is 10.5 Å². The van der Waals surface area contributed by atoms with Gasteiger partial charge in [-0.25, -0.2) is 4.79 Å². The number of primary amides is 1. The highest BCUT2D eigenvalue weighted by atomic mass is 16.6. The SMILES string of the molecule is Cc1cccc(CN2CCN(C(=O)Oc3cncc(C(N)=O)c3)[C@@H](C)C2)c1C. The number of amides is 2. The van der Waals surface area contributed by atoms with E-state index in [1.54, 1.807) is 4.90 Å². The number of carbonyl (C=O) groups excluding carboxylic acids is 2. The van der Waals surface area contributed by atoms with Crippen LogP contribution in [0.2, 0.25) is 0 Å². The zero-order valence-corrected chi connectivity index (χ0v) is 16.5. The molecule has 7 nitrogen and oxygen atoms in total. The molecule has 0 radical (unpaired) electrons. The number of carbonyl (C=O) groups is 2. The van der Waals surface area contributed by atoms with Crippen LogP contribution in [0.1, 0.15) is 34.0 Å². The quantitative estimate of drug-likeness (QED) is 0.878. The Balaban J connectivity index is 1.60. The van der Waals surface area contributed by atoms with Gasteiger partial charge in [0.05, 0.1) is 11.8 Å². The Morgan fingerprint density at radius 1 is 1.25 bits per heavy atom. The van der Waals surface area contributed by atoms with Crippen LogP contribution in [-0.2, 0) is 6.54 Å². The molecule has 2 heterocycles. The molecule has 1 saturated heterocycles. The summed E-state index contributed by atoms with van der Waals surface area (Å²) < 4.78 is 5.40. The van der Waals surface area contributed by atoms with Crippen molar-refractivity contribution in [3.8, 4) is 5.75 Å². The van der Waals surface area contributed by atoms with E-state index in [-0.39, 0.29) is 17.4 Å². The maximum absolute atomic E-state index is 12.6. The van der Waals surface area contributed by atoms with Crippen molar-refractivity contribution in [1.82, 2.24) is 14.8 Å². The fourth-order valence-electron chi connectivity index (χ4n) is 3.44. The van der Waals surface area contributed by atoms with E-state index in [0.717, 1.165) is 19.6 Å². The number of rotatable bonds is 4. The first kappa shape index (κ1) is 19.8. The lowest BCUT2D eigenvalue weighted by molar-refractivity contribution is 0.0750. The molecule has 0 spiro atoms. The molecular formula is C21H26N4O3. The maximum atomic E-state index is 12.6. The number of piperazine rings is 1. The average molecular weight is 382 g/mol. The van der Waals surface area contributed by atoms with Gasteiger partial charge in [0.1, 0.15) is 0 Å². The molecular weight excluding hydrogens is 356 g/mol. The lowest BCUT2D eigenvalue weighted by Gasteiger charge is -2.39. The van der Waals surface area contributed by atoms with E-state index in [0.29, 0.717) is 6.54 Å². The van der Waals surface area contributed by atoms with Crippen molar-refractivity contribution in [2.45, 2.75) is 33.4 Å². The van der Waals surface area contributed by atoms with Gasteiger partial charge in [-0.3, -0.25) is 14.7 Å². The number of aryl methyl sites for hydroxylation is 1. The van der Waals surface area contributed by atoms with E-state index in [1.807, 2.05) is 6.92 Å². The minimum atomic E-state index is -0.612. The van der Waals surface area contributed by atoms with Gasteiger partial charge in [0.2, 0.25) is 5.91 Å². The number of nitrogens with two attached hydrogens (primary N) is 1. The van der Waals surface area contributed by atoms with Crippen molar-refractivity contribution < 1.29 is 14.3 Å². The predicted octanol–water partition coefficient (Wildman–Crippen LogP) is 2.50. The monoisotopic (exact) mass is 382 g/mol. The second-order valence-electron chi connectivity index (χ2n) is 7.28. The number of aromatic nitrogens is 1. The summed E-state index contributed by atoms with van der Waals surface area (Å²) >= 11 is 0. The van der Waals surface area contributed by atoms with Crippen LogP contribution in [0, 0.1) is 13.8 Å². The molecule has 148 valence electrons. The Morgan fingerprint density at radius 2 is 2.04 bits per heavy atom. The van der Waals surface area contributed by atoms with Gasteiger partial charge in [-0.15, -0.1) is 0 Å². The van der Waals surface area contributed by atoms with Crippen molar-refractivity contribution in [3.63, 3.8) is 0 Å². The van der Waals surface area contributed by atoms with Gasteiger partial charge in [0.15, 0.2) is 5.75 Å². The lowest BCUT2D eigenvalue weighted by Crippen LogP contribution is -2.54. The Labute approximate surface area is 165 Å². The first-order valence-corrected chi connectivity index (χ1v) is 9.36. The second kappa shape index (κ2) is 8.39. The molecule has 0 aliphatic carbocycles. The third kappa shape index (κ3) is 4.48. The zero-order valence-electron chi connectivity index (χ0n) is 16.5. The Hall–Kier alpha value is -2.93. The minimum absolute atomic E-state index is 0.0126. The van der Waals surface area contributed by atoms with Crippen LogP contribution in [0.15, 0.2) is 36.7 Å². The highest BCUT2D eigenvalue weighted by Gasteiger charge is 2.29. The van der Waals surface area contributed by atoms with Crippen LogP contribution in [-0.4, -0.2) is 52.5 Å². The van der Waals surface area contributed by atoms with Crippen LogP contribution in [0.4, 0.5) is 4.79 Å². The largest absolute Gasteiger partial charge is 0.415 e. The number of nitrogens with zero attached hydrogens (tertiary/aromatic N) is 3. The van der Waals surface area contributed by atoms with Crippen LogP contribution in [0.5, 0.6) is 5.75 Å². The van der Waals surface area contributed by atoms with E-state index in [1.165, 1.54) is 35.2 Å². The molecule has 2 aromatic rings. The van der Waals surface area contributed by atoms with Crippen LogP contribution in [0.3, 0.4) is 0 Å². The van der Waals surface area contributed by atoms with E-state index in [4.69, 9.17) is 10.5 Å². The van der Waals surface area contributed by atoms with Gasteiger partial charge >= 0.3 is 6.09 Å². The average Bonchev–Trinajstić information content (AvgIpc) is 2.65. The second-order valence-corrected chi connectivity index (χ2v) is 7.28. The summed E-state index contributed by atoms with van der Waals surface area (Å²) in [6.45, 7) is 9.26. The molecule has 2 N–H and O–H groups in total. The number of benzene rings is 1. The molecule has 1 aromatic heterocycles. The molecule has 0 bridgehead atoms. The normalized spacial score (nSPS) is 17.4. The Bertz CT molecular complexity index is 884. The fraction of sp³-hybridized carbons (Fsp3) is 0.381. The Kier molecular flexibility index (Phi) is 5.94. The molecule has 3 rings (SSSR count). The molecule has 1 atom stereocenters. The summed E-state index contributed by atoms with van der Waals surface area (Å²) in [6, 6.07) is 7.81. The number of hydrogen-bond acceptors (Lipinski definition) is 5. The van der Waals surface area contributed by atoms with Gasteiger partial charge in [0, 0.05) is 38.4 Å². The topological polar surface area (TPSA) is 88.8 Å². The maximum Gasteiger partial charge on any atom is 0.415 e. The molecule has 1 aliphatic rings. The number of ether oxygens (including phenoxy) is 1. The van der Waals surface area contributed by atoms with E-state index in [2.05, 4.69) is 41.9 Å². The van der Waals surface area contributed by atoms with E-state index in [9.17, 15) is 9.59 Å². The first-order valence-electron chi connectivity index (χ1n) is 9.36. The standard InChI is InChI=1S/C21H26N4O3/c1-14-5-4-6-17(16(14)3)13-24-7-8-25(15(2)12-24)21(27)28-19-9-18(20(22)26)10-23-11-19/h4-6,9-11,15H,7-8,12-13H2,1-3H3,(H2,22,26)/t15-/m0/s1. The zero-order chi connectivity index (χ0) is 20.3. The third-order valence-electron chi connectivity index (χ3n) is 5.26. The molecule has 1 fully saturated rings. The van der Waals surface area contributed by atoms with E-state index >= 15 is 0 Å². The van der Waals surface area contributed by atoms with Crippen LogP contribution in [0.25, 0.3) is 0 Å². The summed E-state index contributed by atoms with van der Waals surface area (Å²) in [6.07, 6.45) is 2.29. The van der Waals surface area contributed by atoms with E-state index < -0.39 is 12.0 Å². The number of hydrogen-bond donors (Lipinski definition) is 1. The fourth-order valence-corrected chi connectivity index (χ4v) is 3.44. The summed E-state index contributed by atoms with van der Waals surface area (Å²) in [5, 5.41) is 0. The third-order valence-corrected chi connectivity index (χ3v) is 5.26. The molecule has 0 saturated carbocycles. The van der Waals surface area contributed by atoms with Crippen molar-refractivity contribution in [3.05, 3.63) is 58.9 Å².